The summed E-state index contributed by atoms with van der Waals surface area (Å²) in [7, 11) is 0. The number of hydrogen-bond acceptors (Lipinski definition) is 7. The van der Waals surface area contributed by atoms with E-state index in [4.69, 9.17) is 21.1 Å². The molecule has 4 aliphatic carbocycles. The number of esters is 2. The van der Waals surface area contributed by atoms with Crippen LogP contribution in [0.15, 0.2) is 36.4 Å². The van der Waals surface area contributed by atoms with Crippen LogP contribution in [-0.4, -0.2) is 52.9 Å². The van der Waals surface area contributed by atoms with Gasteiger partial charge in [-0.05, 0) is 60.3 Å². The van der Waals surface area contributed by atoms with Crippen molar-refractivity contribution in [3.63, 3.8) is 0 Å². The topological polar surface area (TPSA) is 110 Å². The van der Waals surface area contributed by atoms with Crippen LogP contribution in [-0.2, 0) is 24.9 Å². The van der Waals surface area contributed by atoms with Crippen molar-refractivity contribution in [2.24, 2.45) is 34.0 Å². The van der Waals surface area contributed by atoms with Crippen molar-refractivity contribution >= 4 is 29.3 Å². The molecule has 0 heterocycles. The molecule has 8 heteroatoms. The van der Waals surface area contributed by atoms with Crippen molar-refractivity contribution < 1.29 is 34.1 Å². The molecule has 5 rings (SSSR count). The second-order valence-electron chi connectivity index (χ2n) is 12.5. The molecule has 0 saturated heterocycles. The van der Waals surface area contributed by atoms with Crippen molar-refractivity contribution in [2.45, 2.75) is 77.1 Å². The van der Waals surface area contributed by atoms with E-state index in [-0.39, 0.29) is 42.1 Å². The number of Topliss-reactive ketones (excluding diaryl/α,β-unsaturated/α-hetero) is 1. The third kappa shape index (κ3) is 3.80. The molecule has 1 aromatic carbocycles. The Labute approximate surface area is 228 Å². The van der Waals surface area contributed by atoms with Crippen molar-refractivity contribution in [3.05, 3.63) is 47.5 Å². The molecule has 1 spiro atoms. The average molecular weight is 545 g/mol. The van der Waals surface area contributed by atoms with E-state index in [0.717, 1.165) is 18.4 Å². The number of aliphatic hydroxyl groups is 2. The van der Waals surface area contributed by atoms with E-state index < -0.39 is 52.9 Å². The maximum atomic E-state index is 14.1. The predicted octanol–water partition coefficient (Wildman–Crippen LogP) is 4.21. The third-order valence-corrected chi connectivity index (χ3v) is 10.5. The third-order valence-electron chi connectivity index (χ3n) is 10.2. The van der Waals surface area contributed by atoms with Gasteiger partial charge in [0.05, 0.1) is 24.4 Å². The molecule has 0 radical (unpaired) electrons. The van der Waals surface area contributed by atoms with Crippen LogP contribution in [0.2, 0.25) is 0 Å². The lowest BCUT2D eigenvalue weighted by molar-refractivity contribution is -0.264. The second kappa shape index (κ2) is 9.46. The molecule has 0 aliphatic heterocycles. The summed E-state index contributed by atoms with van der Waals surface area (Å²) in [6, 6.07) is 6.74. The van der Waals surface area contributed by atoms with E-state index in [9.17, 15) is 24.6 Å². The summed E-state index contributed by atoms with van der Waals surface area (Å²) < 4.78 is 11.8. The molecule has 8 atom stereocenters. The number of rotatable bonds is 5. The Balaban J connectivity index is 1.62. The number of aliphatic hydroxyl groups excluding tert-OH is 2. The second-order valence-corrected chi connectivity index (χ2v) is 12.8. The van der Waals surface area contributed by atoms with E-state index in [0.29, 0.717) is 17.9 Å². The molecule has 4 aliphatic rings. The summed E-state index contributed by atoms with van der Waals surface area (Å²) in [4.78, 5) is 39.5. The number of halogens is 1. The van der Waals surface area contributed by atoms with Crippen molar-refractivity contribution in [1.29, 1.82) is 0 Å². The minimum atomic E-state index is -1.56. The van der Waals surface area contributed by atoms with Crippen molar-refractivity contribution in [1.82, 2.24) is 0 Å². The molecule has 0 unspecified atom stereocenters. The highest BCUT2D eigenvalue weighted by molar-refractivity contribution is 6.17. The zero-order valence-electron chi connectivity index (χ0n) is 22.2. The summed E-state index contributed by atoms with van der Waals surface area (Å²) in [6.45, 7) is 9.72. The van der Waals surface area contributed by atoms with Gasteiger partial charge in [-0.2, -0.15) is 0 Å². The van der Waals surface area contributed by atoms with E-state index in [1.54, 1.807) is 24.3 Å². The van der Waals surface area contributed by atoms with Gasteiger partial charge in [0.2, 0.25) is 0 Å². The molecule has 206 valence electrons. The Morgan fingerprint density at radius 3 is 2.45 bits per heavy atom. The highest BCUT2D eigenvalue weighted by atomic mass is 35.5. The maximum Gasteiger partial charge on any atom is 0.338 e. The van der Waals surface area contributed by atoms with Gasteiger partial charge >= 0.3 is 11.9 Å². The molecule has 38 heavy (non-hydrogen) atoms. The van der Waals surface area contributed by atoms with E-state index in [1.807, 2.05) is 0 Å². The highest BCUT2D eigenvalue weighted by Gasteiger charge is 2.78. The maximum absolute atomic E-state index is 14.1. The Kier molecular flexibility index (Phi) is 6.81. The first-order valence-corrected chi connectivity index (χ1v) is 14.0. The van der Waals surface area contributed by atoms with Crippen LogP contribution < -0.4 is 0 Å². The van der Waals surface area contributed by atoms with Gasteiger partial charge in [0.15, 0.2) is 5.78 Å². The minimum absolute atomic E-state index is 0.0393. The Bertz CT molecular complexity index is 1160. The normalized spacial score (nSPS) is 39.2. The SMILES string of the molecule is C=C1C(=O)[C@@]23[C@H](O)C[C@@H]4C(C)(C)CCC[C@@]4(COC(C)=O)[C@@H]2[C@@H](O)C[C@H]1[C@H]3OC(=O)c1ccc(CCl)cc1. The zero-order chi connectivity index (χ0) is 27.6. The van der Waals surface area contributed by atoms with E-state index in [1.165, 1.54) is 6.92 Å². The fourth-order valence-electron chi connectivity index (χ4n) is 8.73. The lowest BCUT2D eigenvalue weighted by atomic mass is 9.39. The molecule has 7 nitrogen and oxygen atoms in total. The molecular weight excluding hydrogens is 508 g/mol. The first kappa shape index (κ1) is 27.4. The van der Waals surface area contributed by atoms with Gasteiger partial charge in [0, 0.05) is 30.1 Å². The zero-order valence-corrected chi connectivity index (χ0v) is 23.0. The quantitative estimate of drug-likeness (QED) is 0.324. The largest absolute Gasteiger partial charge is 0.465 e. The van der Waals surface area contributed by atoms with Gasteiger partial charge in [-0.25, -0.2) is 4.79 Å². The monoisotopic (exact) mass is 544 g/mol. The van der Waals surface area contributed by atoms with Gasteiger partial charge in [0.25, 0.3) is 0 Å². The fourth-order valence-corrected chi connectivity index (χ4v) is 8.91. The highest BCUT2D eigenvalue weighted by Crippen LogP contribution is 2.71. The lowest BCUT2D eigenvalue weighted by Gasteiger charge is -2.66. The number of ketones is 1. The Morgan fingerprint density at radius 2 is 1.82 bits per heavy atom. The molecule has 1 aromatic rings. The molecule has 2 N–H and O–H groups in total. The van der Waals surface area contributed by atoms with Crippen LogP contribution in [0.25, 0.3) is 0 Å². The van der Waals surface area contributed by atoms with Gasteiger partial charge in [-0.1, -0.05) is 39.0 Å². The number of ether oxygens (including phenoxy) is 2. The molecular formula is C30H37ClO7. The summed E-state index contributed by atoms with van der Waals surface area (Å²) in [5.74, 6) is -2.56. The number of alkyl halides is 1. The van der Waals surface area contributed by atoms with Gasteiger partial charge < -0.3 is 19.7 Å². The number of benzene rings is 1. The number of hydrogen-bond donors (Lipinski definition) is 2. The summed E-state index contributed by atoms with van der Waals surface area (Å²) >= 11 is 5.89. The summed E-state index contributed by atoms with van der Waals surface area (Å²) in [5, 5.41) is 23.6. The smallest absolute Gasteiger partial charge is 0.338 e. The lowest BCUT2D eigenvalue weighted by Crippen LogP contribution is -2.72. The number of carbonyl (C=O) groups excluding carboxylic acids is 3. The van der Waals surface area contributed by atoms with Crippen LogP contribution >= 0.6 is 11.6 Å². The number of fused-ring (bicyclic) bond motifs is 3. The van der Waals surface area contributed by atoms with Gasteiger partial charge in [-0.15, -0.1) is 11.6 Å². The van der Waals surface area contributed by atoms with Crippen molar-refractivity contribution in [3.8, 4) is 0 Å². The minimum Gasteiger partial charge on any atom is -0.465 e. The summed E-state index contributed by atoms with van der Waals surface area (Å²) in [5.41, 5.74) is -1.09. The molecule has 0 aromatic heterocycles. The predicted molar refractivity (Wildman–Crippen MR) is 140 cm³/mol. The van der Waals surface area contributed by atoms with Gasteiger partial charge in [-0.3, -0.25) is 9.59 Å². The Hall–Kier alpha value is -2.22. The molecule has 0 amide bonds. The number of carbonyl (C=O) groups is 3. The van der Waals surface area contributed by atoms with Crippen LogP contribution in [0.5, 0.6) is 0 Å². The van der Waals surface area contributed by atoms with Crippen LogP contribution in [0, 0.1) is 34.0 Å². The van der Waals surface area contributed by atoms with Crippen molar-refractivity contribution in [2.75, 3.05) is 6.61 Å². The Morgan fingerprint density at radius 1 is 1.13 bits per heavy atom. The molecule has 2 bridgehead atoms. The fraction of sp³-hybridized carbons (Fsp3) is 0.633. The first-order chi connectivity index (χ1) is 17.9. The van der Waals surface area contributed by atoms with E-state index in [2.05, 4.69) is 20.4 Å². The van der Waals surface area contributed by atoms with Crippen LogP contribution in [0.4, 0.5) is 0 Å². The standard InChI is InChI=1S/C30H37ClO7/c1-16-20-12-21(33)24-29(15-37-17(2)32)11-5-10-28(3,4)22(29)13-23(34)30(24,25(16)35)26(20)38-27(36)19-8-6-18(14-31)7-9-19/h6-9,20-24,26,33-34H,1,5,10-15H2,2-4H3/t20-,21+,22-,23-,24+,26-,29+,30-/m1/s1. The van der Waals surface area contributed by atoms with E-state index >= 15 is 0 Å². The molecule has 4 saturated carbocycles. The summed E-state index contributed by atoms with van der Waals surface area (Å²) in [6.07, 6.45) is -0.243. The van der Waals surface area contributed by atoms with Crippen LogP contribution in [0.3, 0.4) is 0 Å². The first-order valence-electron chi connectivity index (χ1n) is 13.5. The van der Waals surface area contributed by atoms with Gasteiger partial charge in [0.1, 0.15) is 11.5 Å². The molecule has 4 fully saturated rings. The van der Waals surface area contributed by atoms with Crippen LogP contribution in [0.1, 0.15) is 68.8 Å². The average Bonchev–Trinajstić information content (AvgIpc) is 3.00.